The molecule has 1 N–H and O–H groups in total. The van der Waals surface area contributed by atoms with Crippen LogP contribution in [0, 0.1) is 0 Å². The largest absolute Gasteiger partial charge is 0.486 e. The number of hydrogen-bond acceptors (Lipinski definition) is 3. The second kappa shape index (κ2) is 6.37. The number of nitrogens with zero attached hydrogens (tertiary/aromatic N) is 1. The summed E-state index contributed by atoms with van der Waals surface area (Å²) in [7, 11) is 0. The highest BCUT2D eigenvalue weighted by Crippen LogP contribution is 2.42. The Morgan fingerprint density at radius 3 is 2.38 bits per heavy atom. The van der Waals surface area contributed by atoms with Gasteiger partial charge in [-0.25, -0.2) is 0 Å². The van der Waals surface area contributed by atoms with Crippen molar-refractivity contribution in [2.75, 3.05) is 13.1 Å². The molecular formula is C18H30N2O. The molecule has 1 aromatic carbocycles. The monoisotopic (exact) mass is 290 g/mol. The fourth-order valence-electron chi connectivity index (χ4n) is 3.34. The van der Waals surface area contributed by atoms with Crippen LogP contribution in [0.15, 0.2) is 24.3 Å². The zero-order valence-corrected chi connectivity index (χ0v) is 14.3. The molecule has 2 rings (SSSR count). The minimum atomic E-state index is -0.190. The van der Waals surface area contributed by atoms with E-state index in [0.717, 1.165) is 18.8 Å². The molecule has 0 radical (unpaired) electrons. The zero-order valence-electron chi connectivity index (χ0n) is 14.3. The van der Waals surface area contributed by atoms with Crippen LogP contribution in [0.3, 0.4) is 0 Å². The van der Waals surface area contributed by atoms with E-state index in [2.05, 4.69) is 70.0 Å². The molecule has 0 aromatic heterocycles. The van der Waals surface area contributed by atoms with Crippen molar-refractivity contribution in [2.24, 2.45) is 0 Å². The molecule has 1 unspecified atom stereocenters. The first-order valence-corrected chi connectivity index (χ1v) is 8.10. The average molecular weight is 290 g/mol. The summed E-state index contributed by atoms with van der Waals surface area (Å²) in [5, 5.41) is 3.70. The minimum Gasteiger partial charge on any atom is -0.486 e. The number of rotatable bonds is 6. The fraction of sp³-hybridized carbons (Fsp3) is 0.667. The maximum Gasteiger partial charge on any atom is 0.125 e. The lowest BCUT2D eigenvalue weighted by Gasteiger charge is -2.32. The van der Waals surface area contributed by atoms with Crippen LogP contribution in [0.1, 0.15) is 53.1 Å². The van der Waals surface area contributed by atoms with E-state index in [1.807, 2.05) is 6.07 Å². The topological polar surface area (TPSA) is 24.5 Å². The van der Waals surface area contributed by atoms with Crippen molar-refractivity contribution in [3.63, 3.8) is 0 Å². The smallest absolute Gasteiger partial charge is 0.125 e. The van der Waals surface area contributed by atoms with Gasteiger partial charge in [-0.2, -0.15) is 0 Å². The van der Waals surface area contributed by atoms with Crippen LogP contribution >= 0.6 is 0 Å². The molecule has 118 valence electrons. The molecule has 0 aliphatic carbocycles. The van der Waals surface area contributed by atoms with Crippen LogP contribution in [0.5, 0.6) is 5.75 Å². The third-order valence-corrected chi connectivity index (χ3v) is 4.34. The molecule has 1 heterocycles. The van der Waals surface area contributed by atoms with Gasteiger partial charge in [0.1, 0.15) is 11.4 Å². The molecule has 3 nitrogen and oxygen atoms in total. The van der Waals surface area contributed by atoms with E-state index in [1.54, 1.807) is 0 Å². The lowest BCUT2D eigenvalue weighted by Crippen LogP contribution is -2.45. The van der Waals surface area contributed by atoms with Gasteiger partial charge in [-0.3, -0.25) is 4.90 Å². The molecule has 0 amide bonds. The minimum absolute atomic E-state index is 0.190. The molecule has 1 aliphatic rings. The summed E-state index contributed by atoms with van der Waals surface area (Å²) in [6.07, 6.45) is 0. The van der Waals surface area contributed by atoms with Crippen molar-refractivity contribution in [3.8, 4) is 5.75 Å². The normalized spacial score (nSPS) is 20.1. The number of para-hydroxylation sites is 1. The Morgan fingerprint density at radius 1 is 1.14 bits per heavy atom. The van der Waals surface area contributed by atoms with E-state index < -0.39 is 0 Å². The Hall–Kier alpha value is -1.06. The highest BCUT2D eigenvalue weighted by atomic mass is 16.5. The van der Waals surface area contributed by atoms with Crippen molar-refractivity contribution < 1.29 is 4.74 Å². The molecule has 21 heavy (non-hydrogen) atoms. The lowest BCUT2D eigenvalue weighted by molar-refractivity contribution is 0.0923. The Bertz CT molecular complexity index is 460. The number of ether oxygens (including phenoxy) is 1. The van der Waals surface area contributed by atoms with Crippen molar-refractivity contribution >= 4 is 0 Å². The summed E-state index contributed by atoms with van der Waals surface area (Å²) in [5.41, 5.74) is 1.09. The van der Waals surface area contributed by atoms with Crippen molar-refractivity contribution in [3.05, 3.63) is 29.8 Å². The predicted octanol–water partition coefficient (Wildman–Crippen LogP) is 3.61. The van der Waals surface area contributed by atoms with Gasteiger partial charge < -0.3 is 10.1 Å². The van der Waals surface area contributed by atoms with Gasteiger partial charge in [-0.05, 0) is 47.6 Å². The van der Waals surface area contributed by atoms with Gasteiger partial charge in [-0.15, -0.1) is 0 Å². The molecule has 0 saturated heterocycles. The summed E-state index contributed by atoms with van der Waals surface area (Å²) in [6, 6.07) is 9.77. The quantitative estimate of drug-likeness (QED) is 0.866. The van der Waals surface area contributed by atoms with Gasteiger partial charge in [0.05, 0.1) is 6.04 Å². The standard InChI is InChI=1S/C18H30N2O/c1-13(2)20(14(3)4)12-11-19-17-15-9-7-8-10-16(15)21-18(17,5)6/h7-10,13-14,17,19H,11-12H2,1-6H3. The fourth-order valence-corrected chi connectivity index (χ4v) is 3.34. The van der Waals surface area contributed by atoms with Crippen LogP contribution in [-0.4, -0.2) is 35.7 Å². The summed E-state index contributed by atoms with van der Waals surface area (Å²) in [4.78, 5) is 2.52. The van der Waals surface area contributed by atoms with Crippen LogP contribution in [0.4, 0.5) is 0 Å². The van der Waals surface area contributed by atoms with Crippen LogP contribution in [-0.2, 0) is 0 Å². The first-order valence-electron chi connectivity index (χ1n) is 8.10. The first kappa shape index (κ1) is 16.3. The molecule has 3 heteroatoms. The van der Waals surface area contributed by atoms with Gasteiger partial charge in [-0.1, -0.05) is 18.2 Å². The highest BCUT2D eigenvalue weighted by molar-refractivity contribution is 5.42. The first-order chi connectivity index (χ1) is 9.83. The van der Waals surface area contributed by atoms with E-state index in [9.17, 15) is 0 Å². The van der Waals surface area contributed by atoms with E-state index in [1.165, 1.54) is 5.56 Å². The number of fused-ring (bicyclic) bond motifs is 1. The summed E-state index contributed by atoms with van der Waals surface area (Å²) in [5.74, 6) is 1.02. The van der Waals surface area contributed by atoms with Crippen LogP contribution in [0.2, 0.25) is 0 Å². The molecule has 0 spiro atoms. The van der Waals surface area contributed by atoms with Gasteiger partial charge in [0, 0.05) is 30.7 Å². The summed E-state index contributed by atoms with van der Waals surface area (Å²) >= 11 is 0. The number of benzene rings is 1. The summed E-state index contributed by atoms with van der Waals surface area (Å²) < 4.78 is 6.08. The van der Waals surface area contributed by atoms with Crippen LogP contribution < -0.4 is 10.1 Å². The lowest BCUT2D eigenvalue weighted by atomic mass is 9.94. The van der Waals surface area contributed by atoms with Gasteiger partial charge >= 0.3 is 0 Å². The van der Waals surface area contributed by atoms with Gasteiger partial charge in [0.2, 0.25) is 0 Å². The highest BCUT2D eigenvalue weighted by Gasteiger charge is 2.40. The van der Waals surface area contributed by atoms with Crippen molar-refractivity contribution in [1.82, 2.24) is 10.2 Å². The molecule has 1 aromatic rings. The zero-order chi connectivity index (χ0) is 15.6. The van der Waals surface area contributed by atoms with E-state index in [-0.39, 0.29) is 11.6 Å². The Labute approximate surface area is 129 Å². The SMILES string of the molecule is CC(C)N(CCNC1c2ccccc2OC1(C)C)C(C)C. The average Bonchev–Trinajstić information content (AvgIpc) is 2.64. The summed E-state index contributed by atoms with van der Waals surface area (Å²) in [6.45, 7) is 15.4. The Kier molecular flexibility index (Phi) is 4.95. The third kappa shape index (κ3) is 3.58. The molecule has 1 atom stereocenters. The van der Waals surface area contributed by atoms with Crippen LogP contribution in [0.25, 0.3) is 0 Å². The maximum atomic E-state index is 6.08. The molecule has 0 fully saturated rings. The second-order valence-electron chi connectivity index (χ2n) is 7.06. The maximum absolute atomic E-state index is 6.08. The van der Waals surface area contributed by atoms with Crippen molar-refractivity contribution in [2.45, 2.75) is 65.3 Å². The molecule has 1 aliphatic heterocycles. The van der Waals surface area contributed by atoms with Gasteiger partial charge in [0.15, 0.2) is 0 Å². The Balaban J connectivity index is 1.99. The third-order valence-electron chi connectivity index (χ3n) is 4.34. The second-order valence-corrected chi connectivity index (χ2v) is 7.06. The van der Waals surface area contributed by atoms with E-state index >= 15 is 0 Å². The van der Waals surface area contributed by atoms with E-state index in [0.29, 0.717) is 12.1 Å². The molecule has 0 saturated carbocycles. The van der Waals surface area contributed by atoms with Crippen molar-refractivity contribution in [1.29, 1.82) is 0 Å². The molecular weight excluding hydrogens is 260 g/mol. The number of hydrogen-bond donors (Lipinski definition) is 1. The van der Waals surface area contributed by atoms with E-state index in [4.69, 9.17) is 4.74 Å². The Morgan fingerprint density at radius 2 is 1.76 bits per heavy atom. The predicted molar refractivity (Wildman–Crippen MR) is 88.9 cm³/mol. The van der Waals surface area contributed by atoms with Gasteiger partial charge in [0.25, 0.3) is 0 Å². The number of nitrogens with one attached hydrogen (secondary N) is 1. The molecule has 0 bridgehead atoms.